The van der Waals surface area contributed by atoms with Crippen LogP contribution in [-0.2, 0) is 11.3 Å². The molecule has 2 heterocycles. The van der Waals surface area contributed by atoms with Gasteiger partial charge >= 0.3 is 5.97 Å². The highest BCUT2D eigenvalue weighted by Crippen LogP contribution is 2.26. The molecule has 1 N–H and O–H groups in total. The second kappa shape index (κ2) is 6.95. The Morgan fingerprint density at radius 2 is 2.09 bits per heavy atom. The van der Waals surface area contributed by atoms with Gasteiger partial charge in [0.25, 0.3) is 0 Å². The smallest absolute Gasteiger partial charge is 0.339 e. The van der Waals surface area contributed by atoms with Crippen LogP contribution >= 0.6 is 11.8 Å². The van der Waals surface area contributed by atoms with Crippen LogP contribution in [0.1, 0.15) is 46.0 Å². The van der Waals surface area contributed by atoms with Crippen molar-refractivity contribution in [1.29, 1.82) is 0 Å². The second-order valence-corrected chi connectivity index (χ2v) is 6.33. The first-order valence-corrected chi connectivity index (χ1v) is 8.03. The van der Waals surface area contributed by atoms with Crippen molar-refractivity contribution in [3.63, 3.8) is 0 Å². The minimum atomic E-state index is -0.453. The summed E-state index contributed by atoms with van der Waals surface area (Å²) in [7, 11) is 1.32. The fourth-order valence-corrected chi connectivity index (χ4v) is 3.21. The molecule has 0 aliphatic heterocycles. The number of hydrogen-bond acceptors (Lipinski definition) is 7. The number of tetrazole rings is 1. The van der Waals surface area contributed by atoms with Gasteiger partial charge in [-0.05, 0) is 43.7 Å². The van der Waals surface area contributed by atoms with Crippen molar-refractivity contribution in [2.24, 2.45) is 0 Å². The zero-order valence-electron chi connectivity index (χ0n) is 13.7. The summed E-state index contributed by atoms with van der Waals surface area (Å²) in [6.45, 7) is 7.81. The topological polar surface area (TPSA) is 103 Å². The third-order valence-corrected chi connectivity index (χ3v) is 4.59. The van der Waals surface area contributed by atoms with Gasteiger partial charge in [0.05, 0.1) is 23.6 Å². The van der Waals surface area contributed by atoms with Gasteiger partial charge in [-0.1, -0.05) is 11.8 Å². The Hall–Kier alpha value is -2.16. The Bertz CT molecular complexity index is 737. The van der Waals surface area contributed by atoms with Crippen molar-refractivity contribution in [3.05, 3.63) is 22.5 Å². The highest BCUT2D eigenvalue weighted by atomic mass is 32.2. The first-order valence-electron chi connectivity index (χ1n) is 7.15. The number of aromatic amines is 1. The molecule has 0 aromatic carbocycles. The lowest BCUT2D eigenvalue weighted by molar-refractivity contribution is 0.0599. The van der Waals surface area contributed by atoms with Crippen LogP contribution in [0.25, 0.3) is 0 Å². The highest BCUT2D eigenvalue weighted by Gasteiger charge is 2.26. The van der Waals surface area contributed by atoms with Crippen molar-refractivity contribution >= 4 is 23.5 Å². The fraction of sp³-hybridized carbons (Fsp3) is 0.500. The van der Waals surface area contributed by atoms with E-state index in [-0.39, 0.29) is 5.78 Å². The summed E-state index contributed by atoms with van der Waals surface area (Å²) in [6.07, 6.45) is 0. The summed E-state index contributed by atoms with van der Waals surface area (Å²) in [5, 5.41) is 11.6. The Morgan fingerprint density at radius 3 is 2.70 bits per heavy atom. The van der Waals surface area contributed by atoms with Crippen LogP contribution in [0.4, 0.5) is 0 Å². The molecule has 0 saturated carbocycles. The second-order valence-electron chi connectivity index (χ2n) is 5.02. The molecule has 23 heavy (non-hydrogen) atoms. The quantitative estimate of drug-likeness (QED) is 0.487. The molecule has 0 saturated heterocycles. The number of esters is 1. The maximum atomic E-state index is 12.7. The number of ether oxygens (including phenoxy) is 1. The molecule has 2 aromatic heterocycles. The van der Waals surface area contributed by atoms with Crippen molar-refractivity contribution in [1.82, 2.24) is 25.2 Å². The molecule has 0 spiro atoms. The molecule has 9 heteroatoms. The van der Waals surface area contributed by atoms with E-state index in [2.05, 4.69) is 20.5 Å². The van der Waals surface area contributed by atoms with Gasteiger partial charge in [0.1, 0.15) is 0 Å². The van der Waals surface area contributed by atoms with Crippen molar-refractivity contribution < 1.29 is 14.3 Å². The summed E-state index contributed by atoms with van der Waals surface area (Å²) < 4.78 is 6.39. The number of methoxy groups -OCH3 is 1. The van der Waals surface area contributed by atoms with Gasteiger partial charge in [0.2, 0.25) is 5.16 Å². The number of nitrogens with zero attached hydrogens (tertiary/aromatic N) is 4. The Labute approximate surface area is 138 Å². The number of hydrogen-bond donors (Lipinski definition) is 1. The van der Waals surface area contributed by atoms with Crippen LogP contribution < -0.4 is 0 Å². The summed E-state index contributed by atoms with van der Waals surface area (Å²) in [6, 6.07) is 0. The summed E-state index contributed by atoms with van der Waals surface area (Å²) in [5.41, 5.74) is 2.04. The van der Waals surface area contributed by atoms with E-state index < -0.39 is 11.2 Å². The SMILES string of the molecule is CCn1nnnc1SC(C)C(=O)c1[nH]c(C)c(C(=O)OC)c1C. The van der Waals surface area contributed by atoms with Crippen LogP contribution in [0.3, 0.4) is 0 Å². The van der Waals surface area contributed by atoms with Gasteiger partial charge in [-0.15, -0.1) is 5.10 Å². The molecule has 1 atom stereocenters. The van der Waals surface area contributed by atoms with Crippen molar-refractivity contribution in [2.45, 2.75) is 44.6 Å². The average Bonchev–Trinajstić information content (AvgIpc) is 3.09. The maximum absolute atomic E-state index is 12.7. The van der Waals surface area contributed by atoms with Crippen LogP contribution in [-0.4, -0.2) is 49.3 Å². The number of aryl methyl sites for hydroxylation is 2. The summed E-state index contributed by atoms with van der Waals surface area (Å²) in [5.74, 6) is -0.568. The van der Waals surface area contributed by atoms with Crippen molar-refractivity contribution in [2.75, 3.05) is 7.11 Å². The third kappa shape index (κ3) is 3.29. The molecule has 1 unspecified atom stereocenters. The Balaban J connectivity index is 2.25. The first kappa shape index (κ1) is 17.2. The first-order chi connectivity index (χ1) is 10.9. The molecule has 0 bridgehead atoms. The number of H-pyrrole nitrogens is 1. The van der Waals surface area contributed by atoms with Gasteiger partial charge in [-0.25, -0.2) is 9.48 Å². The monoisotopic (exact) mass is 337 g/mol. The van der Waals surface area contributed by atoms with Crippen LogP contribution in [0.15, 0.2) is 5.16 Å². The number of thioether (sulfide) groups is 1. The highest BCUT2D eigenvalue weighted by molar-refractivity contribution is 8.00. The van der Waals surface area contributed by atoms with Gasteiger partial charge in [-0.2, -0.15) is 0 Å². The molecule has 0 radical (unpaired) electrons. The maximum Gasteiger partial charge on any atom is 0.339 e. The largest absolute Gasteiger partial charge is 0.465 e. The Kier molecular flexibility index (Phi) is 5.19. The van der Waals surface area contributed by atoms with Gasteiger partial charge in [0.15, 0.2) is 5.78 Å². The van der Waals surface area contributed by atoms with Crippen molar-refractivity contribution in [3.8, 4) is 0 Å². The number of Topliss-reactive ketones (excluding diaryl/α,β-unsaturated/α-hetero) is 1. The normalized spacial score (nSPS) is 12.2. The lowest BCUT2D eigenvalue weighted by atomic mass is 10.1. The van der Waals surface area contributed by atoms with Crippen LogP contribution in [0.2, 0.25) is 0 Å². The molecule has 0 amide bonds. The van der Waals surface area contributed by atoms with E-state index in [1.54, 1.807) is 25.5 Å². The van der Waals surface area contributed by atoms with Gasteiger partial charge < -0.3 is 9.72 Å². The molecule has 8 nitrogen and oxygen atoms in total. The number of nitrogens with one attached hydrogen (secondary N) is 1. The Morgan fingerprint density at radius 1 is 1.39 bits per heavy atom. The minimum Gasteiger partial charge on any atom is -0.465 e. The predicted molar refractivity (Wildman–Crippen MR) is 84.7 cm³/mol. The van der Waals surface area contributed by atoms with Gasteiger partial charge in [-0.3, -0.25) is 4.79 Å². The van der Waals surface area contributed by atoms with E-state index in [1.807, 2.05) is 6.92 Å². The van der Waals surface area contributed by atoms with E-state index >= 15 is 0 Å². The average molecular weight is 337 g/mol. The molecule has 2 aromatic rings. The number of aromatic nitrogens is 5. The lowest BCUT2D eigenvalue weighted by Crippen LogP contribution is -2.16. The number of carbonyl (C=O) groups is 2. The van der Waals surface area contributed by atoms with E-state index in [0.717, 1.165) is 0 Å². The van der Waals surface area contributed by atoms with Crippen LogP contribution in [0.5, 0.6) is 0 Å². The summed E-state index contributed by atoms with van der Waals surface area (Å²) in [4.78, 5) is 27.5. The summed E-state index contributed by atoms with van der Waals surface area (Å²) >= 11 is 1.28. The van der Waals surface area contributed by atoms with E-state index in [1.165, 1.54) is 18.9 Å². The van der Waals surface area contributed by atoms with Crippen LogP contribution in [0, 0.1) is 13.8 Å². The lowest BCUT2D eigenvalue weighted by Gasteiger charge is -2.09. The molecule has 124 valence electrons. The molecule has 0 aliphatic carbocycles. The molecule has 2 rings (SSSR count). The van der Waals surface area contributed by atoms with E-state index in [9.17, 15) is 9.59 Å². The number of ketones is 1. The molecular weight excluding hydrogens is 318 g/mol. The third-order valence-electron chi connectivity index (χ3n) is 3.52. The zero-order valence-corrected chi connectivity index (χ0v) is 14.5. The predicted octanol–water partition coefficient (Wildman–Crippen LogP) is 1.79. The number of carbonyl (C=O) groups excluding carboxylic acids is 2. The van der Waals surface area contributed by atoms with E-state index in [0.29, 0.717) is 34.2 Å². The van der Waals surface area contributed by atoms with E-state index in [4.69, 9.17) is 4.74 Å². The zero-order chi connectivity index (χ0) is 17.1. The standard InChI is InChI=1S/C14H19N5O3S/c1-6-19-14(16-17-18-19)23-9(4)12(20)11-7(2)10(8(3)15-11)13(21)22-5/h9,15H,6H2,1-5H3. The molecular formula is C14H19N5O3S. The van der Waals surface area contributed by atoms with Gasteiger partial charge in [0, 0.05) is 12.2 Å². The fourth-order valence-electron chi connectivity index (χ4n) is 2.30. The number of rotatable bonds is 6. The minimum absolute atomic E-state index is 0.114. The molecule has 0 aliphatic rings. The molecule has 0 fully saturated rings.